The van der Waals surface area contributed by atoms with Crippen molar-refractivity contribution in [2.24, 2.45) is 0 Å². The van der Waals surface area contributed by atoms with Crippen LogP contribution in [0.25, 0.3) is 5.57 Å². The number of piperidine rings is 1. The molecule has 0 unspecified atom stereocenters. The molecule has 1 aromatic heterocycles. The van der Waals surface area contributed by atoms with Gasteiger partial charge in [0.2, 0.25) is 0 Å². The third kappa shape index (κ3) is 3.79. The summed E-state index contributed by atoms with van der Waals surface area (Å²) in [4.78, 5) is 7.07. The Balaban J connectivity index is 1.85. The van der Waals surface area contributed by atoms with Crippen LogP contribution < -0.4 is 0 Å². The van der Waals surface area contributed by atoms with Gasteiger partial charge in [0, 0.05) is 18.3 Å². The summed E-state index contributed by atoms with van der Waals surface area (Å²) in [6, 6.07) is 16.7. The predicted molar refractivity (Wildman–Crippen MR) is 88.0 cm³/mol. The van der Waals surface area contributed by atoms with E-state index in [-0.39, 0.29) is 0 Å². The van der Waals surface area contributed by atoms with Crippen molar-refractivity contribution in [3.8, 4) is 0 Å². The number of aromatic nitrogens is 1. The molecule has 2 heterocycles. The van der Waals surface area contributed by atoms with Gasteiger partial charge in [0.1, 0.15) is 0 Å². The summed E-state index contributed by atoms with van der Waals surface area (Å²) in [5, 5.41) is 0. The van der Waals surface area contributed by atoms with Gasteiger partial charge >= 0.3 is 0 Å². The second kappa shape index (κ2) is 7.19. The highest BCUT2D eigenvalue weighted by atomic mass is 15.1. The number of pyridine rings is 1. The summed E-state index contributed by atoms with van der Waals surface area (Å²) in [5.41, 5.74) is 3.54. The molecule has 0 saturated carbocycles. The second-order valence-corrected chi connectivity index (χ2v) is 5.56. The normalized spacial score (nSPS) is 16.9. The number of benzene rings is 1. The van der Waals surface area contributed by atoms with Crippen LogP contribution in [-0.2, 0) is 0 Å². The lowest BCUT2D eigenvalue weighted by molar-refractivity contribution is 0.252. The van der Waals surface area contributed by atoms with Gasteiger partial charge in [0.15, 0.2) is 0 Å². The zero-order chi connectivity index (χ0) is 14.3. The van der Waals surface area contributed by atoms with E-state index in [0.29, 0.717) is 0 Å². The fraction of sp³-hybridized carbons (Fsp3) is 0.316. The molecule has 1 saturated heterocycles. The molecule has 21 heavy (non-hydrogen) atoms. The fourth-order valence-electron chi connectivity index (χ4n) is 2.87. The van der Waals surface area contributed by atoms with Crippen LogP contribution in [0.2, 0.25) is 0 Å². The molecular weight excluding hydrogens is 256 g/mol. The van der Waals surface area contributed by atoms with E-state index in [1.807, 2.05) is 12.3 Å². The van der Waals surface area contributed by atoms with Crippen molar-refractivity contribution in [1.82, 2.24) is 9.88 Å². The van der Waals surface area contributed by atoms with Crippen molar-refractivity contribution < 1.29 is 0 Å². The van der Waals surface area contributed by atoms with Crippen LogP contribution in [0.5, 0.6) is 0 Å². The molecule has 2 heteroatoms. The zero-order valence-corrected chi connectivity index (χ0v) is 12.4. The average molecular weight is 278 g/mol. The van der Waals surface area contributed by atoms with Gasteiger partial charge in [-0.3, -0.25) is 9.88 Å². The topological polar surface area (TPSA) is 16.1 Å². The highest BCUT2D eigenvalue weighted by Gasteiger charge is 2.10. The fourth-order valence-corrected chi connectivity index (χ4v) is 2.87. The second-order valence-electron chi connectivity index (χ2n) is 5.56. The summed E-state index contributed by atoms with van der Waals surface area (Å²) >= 11 is 0. The molecule has 0 bridgehead atoms. The summed E-state index contributed by atoms with van der Waals surface area (Å²) in [6.07, 6.45) is 8.25. The van der Waals surface area contributed by atoms with Crippen molar-refractivity contribution in [2.45, 2.75) is 19.3 Å². The Morgan fingerprint density at radius 2 is 1.71 bits per heavy atom. The third-order valence-corrected chi connectivity index (χ3v) is 4.03. The summed E-state index contributed by atoms with van der Waals surface area (Å²) in [6.45, 7) is 3.46. The summed E-state index contributed by atoms with van der Waals surface area (Å²) in [7, 11) is 0. The van der Waals surface area contributed by atoms with Gasteiger partial charge < -0.3 is 0 Å². The van der Waals surface area contributed by atoms with Crippen LogP contribution in [0.15, 0.2) is 60.8 Å². The van der Waals surface area contributed by atoms with E-state index in [1.54, 1.807) is 0 Å². The minimum Gasteiger partial charge on any atom is -0.300 e. The quantitative estimate of drug-likeness (QED) is 0.840. The molecule has 108 valence electrons. The molecule has 0 aliphatic carbocycles. The Hall–Kier alpha value is -1.93. The van der Waals surface area contributed by atoms with Gasteiger partial charge in [-0.1, -0.05) is 48.9 Å². The molecule has 3 rings (SSSR count). The lowest BCUT2D eigenvalue weighted by atomic mass is 10.0. The molecule has 1 aliphatic rings. The van der Waals surface area contributed by atoms with Crippen molar-refractivity contribution in [2.75, 3.05) is 19.6 Å². The molecular formula is C19H22N2. The van der Waals surface area contributed by atoms with Crippen LogP contribution in [-0.4, -0.2) is 29.5 Å². The number of likely N-dealkylation sites (tertiary alicyclic amines) is 1. The molecule has 2 nitrogen and oxygen atoms in total. The van der Waals surface area contributed by atoms with Gasteiger partial charge in [-0.15, -0.1) is 0 Å². The average Bonchev–Trinajstić information content (AvgIpc) is 2.58. The first-order valence-corrected chi connectivity index (χ1v) is 7.83. The van der Waals surface area contributed by atoms with Crippen LogP contribution >= 0.6 is 0 Å². The highest BCUT2D eigenvalue weighted by molar-refractivity contribution is 5.77. The minimum atomic E-state index is 1.01. The van der Waals surface area contributed by atoms with Gasteiger partial charge in [-0.05, 0) is 43.6 Å². The molecule has 1 aliphatic heterocycles. The first-order valence-electron chi connectivity index (χ1n) is 7.83. The number of hydrogen-bond donors (Lipinski definition) is 0. The van der Waals surface area contributed by atoms with Crippen molar-refractivity contribution in [3.63, 3.8) is 0 Å². The largest absolute Gasteiger partial charge is 0.300 e. The monoisotopic (exact) mass is 278 g/mol. The molecule has 1 fully saturated rings. The number of nitrogens with zero attached hydrogens (tertiary/aromatic N) is 2. The standard InChI is InChI=1S/C19H22N2/c1-3-9-17(10-4-1)18(19-11-5-6-13-20-19)12-16-21-14-7-2-8-15-21/h1,3-6,9-13H,2,7-8,14-16H2/b18-12+. The van der Waals surface area contributed by atoms with E-state index in [1.165, 1.54) is 43.5 Å². The molecule has 0 radical (unpaired) electrons. The smallest absolute Gasteiger partial charge is 0.0705 e. The summed E-state index contributed by atoms with van der Waals surface area (Å²) < 4.78 is 0. The summed E-state index contributed by atoms with van der Waals surface area (Å²) in [5.74, 6) is 0. The van der Waals surface area contributed by atoms with Crippen LogP contribution in [0.1, 0.15) is 30.5 Å². The van der Waals surface area contributed by atoms with E-state index in [0.717, 1.165) is 12.2 Å². The van der Waals surface area contributed by atoms with Crippen molar-refractivity contribution in [1.29, 1.82) is 0 Å². The Bertz CT molecular complexity index is 528. The van der Waals surface area contributed by atoms with E-state index in [2.05, 4.69) is 58.4 Å². The maximum absolute atomic E-state index is 4.53. The molecule has 2 aromatic rings. The maximum Gasteiger partial charge on any atom is 0.0705 e. The van der Waals surface area contributed by atoms with E-state index < -0.39 is 0 Å². The molecule has 0 atom stereocenters. The molecule has 0 spiro atoms. The molecule has 0 N–H and O–H groups in total. The first kappa shape index (κ1) is 14.0. The Morgan fingerprint density at radius 1 is 0.952 bits per heavy atom. The number of hydrogen-bond acceptors (Lipinski definition) is 2. The Kier molecular flexibility index (Phi) is 4.80. The Morgan fingerprint density at radius 3 is 2.43 bits per heavy atom. The van der Waals surface area contributed by atoms with Gasteiger partial charge in [0.05, 0.1) is 5.69 Å². The molecule has 1 aromatic carbocycles. The lowest BCUT2D eigenvalue weighted by Crippen LogP contribution is -2.29. The van der Waals surface area contributed by atoms with Crippen molar-refractivity contribution >= 4 is 5.57 Å². The molecule has 0 amide bonds. The maximum atomic E-state index is 4.53. The lowest BCUT2D eigenvalue weighted by Gasteiger charge is -2.25. The zero-order valence-electron chi connectivity index (χ0n) is 12.4. The highest BCUT2D eigenvalue weighted by Crippen LogP contribution is 2.21. The van der Waals surface area contributed by atoms with Crippen LogP contribution in [0, 0.1) is 0 Å². The van der Waals surface area contributed by atoms with Crippen molar-refractivity contribution in [3.05, 3.63) is 72.1 Å². The van der Waals surface area contributed by atoms with E-state index in [4.69, 9.17) is 0 Å². The number of rotatable bonds is 4. The SMILES string of the molecule is C(/CN1CCCCC1)=C(/c1ccccc1)c1ccccn1. The van der Waals surface area contributed by atoms with Gasteiger partial charge in [0.25, 0.3) is 0 Å². The third-order valence-electron chi connectivity index (χ3n) is 4.03. The van der Waals surface area contributed by atoms with Crippen LogP contribution in [0.4, 0.5) is 0 Å². The minimum absolute atomic E-state index is 1.01. The predicted octanol–water partition coefficient (Wildman–Crippen LogP) is 4.00. The van der Waals surface area contributed by atoms with E-state index in [9.17, 15) is 0 Å². The van der Waals surface area contributed by atoms with Crippen LogP contribution in [0.3, 0.4) is 0 Å². The van der Waals surface area contributed by atoms with Gasteiger partial charge in [-0.25, -0.2) is 0 Å². The van der Waals surface area contributed by atoms with E-state index >= 15 is 0 Å². The first-order chi connectivity index (χ1) is 10.4. The Labute approximate surface area is 127 Å². The van der Waals surface area contributed by atoms with Gasteiger partial charge in [-0.2, -0.15) is 0 Å².